The zero-order valence-corrected chi connectivity index (χ0v) is 12.0. The molecule has 1 rings (SSSR count). The van der Waals surface area contributed by atoms with Gasteiger partial charge in [0.05, 0.1) is 4.47 Å². The van der Waals surface area contributed by atoms with E-state index in [2.05, 4.69) is 31.9 Å². The van der Waals surface area contributed by atoms with E-state index in [0.29, 0.717) is 10.9 Å². The molecule has 0 aliphatic heterocycles. The molecule has 0 radical (unpaired) electrons. The van der Waals surface area contributed by atoms with E-state index >= 15 is 0 Å². The van der Waals surface area contributed by atoms with E-state index in [-0.39, 0.29) is 5.56 Å². The van der Waals surface area contributed by atoms with Crippen LogP contribution in [0.5, 0.6) is 0 Å². The number of allylic oxidation sites excluding steroid dienone is 2. The van der Waals surface area contributed by atoms with Gasteiger partial charge in [0, 0.05) is 10.9 Å². The van der Waals surface area contributed by atoms with Gasteiger partial charge >= 0.3 is 0 Å². The molecule has 0 aliphatic rings. The molecule has 0 bridgehead atoms. The summed E-state index contributed by atoms with van der Waals surface area (Å²) in [5, 5.41) is 0.855. The fraction of sp³-hybridized carbons (Fsp3) is 0.333. The summed E-state index contributed by atoms with van der Waals surface area (Å²) in [5.74, 6) is -1.00. The molecule has 16 heavy (non-hydrogen) atoms. The lowest BCUT2D eigenvalue weighted by Gasteiger charge is -2.06. The van der Waals surface area contributed by atoms with E-state index in [0.717, 1.165) is 17.3 Å². The predicted octanol–water partition coefficient (Wildman–Crippen LogP) is 5.00. The van der Waals surface area contributed by atoms with E-state index < -0.39 is 11.6 Å². The van der Waals surface area contributed by atoms with Crippen LogP contribution in [0.3, 0.4) is 0 Å². The molecule has 0 amide bonds. The lowest BCUT2D eigenvalue weighted by atomic mass is 10.0. The van der Waals surface area contributed by atoms with E-state index in [9.17, 15) is 8.78 Å². The minimum Gasteiger partial charge on any atom is -0.207 e. The second-order valence-corrected chi connectivity index (χ2v) is 5.17. The Morgan fingerprint density at radius 3 is 2.69 bits per heavy atom. The first kappa shape index (κ1) is 13.8. The first-order chi connectivity index (χ1) is 7.56. The minimum absolute atomic E-state index is 0.123. The summed E-state index contributed by atoms with van der Waals surface area (Å²) in [6.45, 7) is 1.88. The maximum absolute atomic E-state index is 13.6. The van der Waals surface area contributed by atoms with Crippen molar-refractivity contribution in [3.8, 4) is 0 Å². The van der Waals surface area contributed by atoms with Crippen molar-refractivity contribution in [2.24, 2.45) is 0 Å². The number of rotatable bonds is 4. The highest BCUT2D eigenvalue weighted by molar-refractivity contribution is 9.10. The van der Waals surface area contributed by atoms with E-state index in [1.807, 2.05) is 13.0 Å². The summed E-state index contributed by atoms with van der Waals surface area (Å²) in [4.78, 5) is 0. The summed E-state index contributed by atoms with van der Waals surface area (Å²) >= 11 is 6.36. The summed E-state index contributed by atoms with van der Waals surface area (Å²) < 4.78 is 27.3. The summed E-state index contributed by atoms with van der Waals surface area (Å²) in [7, 11) is 0. The SMILES string of the molecule is C/C(=C/CCBr)Cc1c(F)ccc(Br)c1F. The Kier molecular flexibility index (Phi) is 5.62. The molecule has 0 atom stereocenters. The molecule has 1 aromatic rings. The molecule has 88 valence electrons. The van der Waals surface area contributed by atoms with Gasteiger partial charge in [0.1, 0.15) is 11.6 Å². The van der Waals surface area contributed by atoms with Gasteiger partial charge in [-0.1, -0.05) is 27.6 Å². The summed E-state index contributed by atoms with van der Waals surface area (Å²) in [6.07, 6.45) is 3.15. The fourth-order valence-electron chi connectivity index (χ4n) is 1.38. The Balaban J connectivity index is 2.92. The third-order valence-corrected chi connectivity index (χ3v) is 3.27. The van der Waals surface area contributed by atoms with Crippen molar-refractivity contribution in [1.82, 2.24) is 0 Å². The quantitative estimate of drug-likeness (QED) is 0.406. The van der Waals surface area contributed by atoms with Crippen molar-refractivity contribution in [1.29, 1.82) is 0 Å². The van der Waals surface area contributed by atoms with Gasteiger partial charge in [0.15, 0.2) is 0 Å². The van der Waals surface area contributed by atoms with Crippen LogP contribution < -0.4 is 0 Å². The topological polar surface area (TPSA) is 0 Å². The van der Waals surface area contributed by atoms with E-state index in [1.165, 1.54) is 12.1 Å². The van der Waals surface area contributed by atoms with Gasteiger partial charge in [-0.25, -0.2) is 8.78 Å². The van der Waals surface area contributed by atoms with Crippen molar-refractivity contribution in [2.75, 3.05) is 5.33 Å². The number of hydrogen-bond acceptors (Lipinski definition) is 0. The van der Waals surface area contributed by atoms with Crippen molar-refractivity contribution < 1.29 is 8.78 Å². The number of halogens is 4. The number of alkyl halides is 1. The highest BCUT2D eigenvalue weighted by Gasteiger charge is 2.12. The Morgan fingerprint density at radius 2 is 2.06 bits per heavy atom. The van der Waals surface area contributed by atoms with Crippen LogP contribution >= 0.6 is 31.9 Å². The first-order valence-electron chi connectivity index (χ1n) is 4.90. The van der Waals surface area contributed by atoms with Crippen LogP contribution in [0.2, 0.25) is 0 Å². The van der Waals surface area contributed by atoms with Crippen molar-refractivity contribution >= 4 is 31.9 Å². The highest BCUT2D eigenvalue weighted by Crippen LogP contribution is 2.23. The van der Waals surface area contributed by atoms with Crippen LogP contribution in [0.4, 0.5) is 8.78 Å². The van der Waals surface area contributed by atoms with Crippen molar-refractivity contribution in [2.45, 2.75) is 19.8 Å². The van der Waals surface area contributed by atoms with Crippen LogP contribution in [0.15, 0.2) is 28.3 Å². The molecule has 0 saturated carbocycles. The molecule has 0 heterocycles. The number of benzene rings is 1. The zero-order valence-electron chi connectivity index (χ0n) is 8.87. The molecule has 0 aliphatic carbocycles. The van der Waals surface area contributed by atoms with Gasteiger partial charge in [-0.15, -0.1) is 0 Å². The van der Waals surface area contributed by atoms with Gasteiger partial charge in [0.25, 0.3) is 0 Å². The molecule has 1 aromatic carbocycles. The average molecular weight is 354 g/mol. The average Bonchev–Trinajstić information content (AvgIpc) is 2.27. The smallest absolute Gasteiger partial charge is 0.143 e. The van der Waals surface area contributed by atoms with E-state index in [1.54, 1.807) is 0 Å². The lowest BCUT2D eigenvalue weighted by molar-refractivity contribution is 0.556. The normalized spacial score (nSPS) is 11.9. The molecular weight excluding hydrogens is 342 g/mol. The predicted molar refractivity (Wildman–Crippen MR) is 69.9 cm³/mol. The minimum atomic E-state index is -0.508. The zero-order chi connectivity index (χ0) is 12.1. The second-order valence-electron chi connectivity index (χ2n) is 3.53. The van der Waals surface area contributed by atoms with Gasteiger partial charge < -0.3 is 0 Å². The van der Waals surface area contributed by atoms with Crippen LogP contribution in [0.25, 0.3) is 0 Å². The molecule has 0 saturated heterocycles. The second kappa shape index (κ2) is 6.50. The third-order valence-electron chi connectivity index (χ3n) is 2.20. The fourth-order valence-corrected chi connectivity index (χ4v) is 1.98. The number of hydrogen-bond donors (Lipinski definition) is 0. The van der Waals surface area contributed by atoms with Crippen LogP contribution in [0, 0.1) is 11.6 Å². The summed E-state index contributed by atoms with van der Waals surface area (Å²) in [5.41, 5.74) is 1.09. The Labute approximate surface area is 111 Å². The van der Waals surface area contributed by atoms with E-state index in [4.69, 9.17) is 0 Å². The van der Waals surface area contributed by atoms with Gasteiger partial charge in [-0.05, 0) is 47.8 Å². The molecule has 0 nitrogen and oxygen atoms in total. The molecule has 0 unspecified atom stereocenters. The maximum Gasteiger partial charge on any atom is 0.143 e. The molecule has 0 N–H and O–H groups in total. The van der Waals surface area contributed by atoms with Gasteiger partial charge in [-0.2, -0.15) is 0 Å². The third kappa shape index (κ3) is 3.67. The molecule has 0 fully saturated rings. The van der Waals surface area contributed by atoms with Crippen molar-refractivity contribution in [3.63, 3.8) is 0 Å². The molecule has 4 heteroatoms. The summed E-state index contributed by atoms with van der Waals surface area (Å²) in [6, 6.07) is 2.66. The monoisotopic (exact) mass is 352 g/mol. The molecular formula is C12H12Br2F2. The van der Waals surface area contributed by atoms with Gasteiger partial charge in [-0.3, -0.25) is 0 Å². The van der Waals surface area contributed by atoms with Crippen LogP contribution in [0.1, 0.15) is 18.9 Å². The lowest BCUT2D eigenvalue weighted by Crippen LogP contribution is -1.98. The molecule has 0 spiro atoms. The Bertz CT molecular complexity index is 400. The molecule has 0 aromatic heterocycles. The van der Waals surface area contributed by atoms with Crippen LogP contribution in [-0.2, 0) is 6.42 Å². The Hall–Kier alpha value is -0.220. The van der Waals surface area contributed by atoms with Crippen LogP contribution in [-0.4, -0.2) is 5.33 Å². The first-order valence-corrected chi connectivity index (χ1v) is 6.81. The maximum atomic E-state index is 13.6. The standard InChI is InChI=1S/C12H12Br2F2/c1-8(3-2-6-13)7-9-11(15)5-4-10(14)12(9)16/h3-5H,2,6-7H2,1H3/b8-3-. The largest absolute Gasteiger partial charge is 0.207 e. The van der Waals surface area contributed by atoms with Crippen molar-refractivity contribution in [3.05, 3.63) is 45.5 Å². The highest BCUT2D eigenvalue weighted by atomic mass is 79.9. The Morgan fingerprint density at radius 1 is 1.38 bits per heavy atom. The van der Waals surface area contributed by atoms with Gasteiger partial charge in [0.2, 0.25) is 0 Å².